The summed E-state index contributed by atoms with van der Waals surface area (Å²) in [5.41, 5.74) is 6.39. The lowest BCUT2D eigenvalue weighted by Gasteiger charge is -2.06. The number of rotatable bonds is 4. The highest BCUT2D eigenvalue weighted by Gasteiger charge is 2.18. The number of aromatic nitrogens is 3. The van der Waals surface area contributed by atoms with Crippen molar-refractivity contribution in [2.24, 2.45) is 0 Å². The molecule has 3 aromatic heterocycles. The van der Waals surface area contributed by atoms with Gasteiger partial charge < -0.3 is 4.40 Å². The van der Waals surface area contributed by atoms with Crippen molar-refractivity contribution in [1.29, 1.82) is 0 Å². The minimum absolute atomic E-state index is 0.0118. The summed E-state index contributed by atoms with van der Waals surface area (Å²) in [6.45, 7) is 4.09. The SMILES string of the molecule is Cc1ccc(-c2nc3ccc(C)cn3c2CC(=O)c2ccccn2)cc1. The molecule has 4 aromatic rings. The van der Waals surface area contributed by atoms with Crippen LogP contribution < -0.4 is 0 Å². The van der Waals surface area contributed by atoms with Crippen molar-refractivity contribution >= 4 is 11.4 Å². The van der Waals surface area contributed by atoms with E-state index in [2.05, 4.69) is 36.2 Å². The van der Waals surface area contributed by atoms with E-state index in [1.807, 2.05) is 41.8 Å². The van der Waals surface area contributed by atoms with Gasteiger partial charge in [-0.05, 0) is 37.6 Å². The molecular formula is C22H19N3O. The highest BCUT2D eigenvalue weighted by molar-refractivity contribution is 5.96. The van der Waals surface area contributed by atoms with Crippen LogP contribution in [0.15, 0.2) is 67.0 Å². The van der Waals surface area contributed by atoms with Gasteiger partial charge in [-0.2, -0.15) is 0 Å². The van der Waals surface area contributed by atoms with Crippen LogP contribution in [0.1, 0.15) is 27.3 Å². The largest absolute Gasteiger partial charge is 0.303 e. The number of fused-ring (bicyclic) bond motifs is 1. The first-order valence-electron chi connectivity index (χ1n) is 8.61. The first-order chi connectivity index (χ1) is 12.6. The zero-order valence-electron chi connectivity index (χ0n) is 14.8. The number of hydrogen-bond donors (Lipinski definition) is 0. The Morgan fingerprint density at radius 3 is 2.46 bits per heavy atom. The summed E-state index contributed by atoms with van der Waals surface area (Å²) in [6.07, 6.45) is 3.93. The maximum Gasteiger partial charge on any atom is 0.187 e. The molecular weight excluding hydrogens is 322 g/mol. The van der Waals surface area contributed by atoms with E-state index in [0.29, 0.717) is 5.69 Å². The second-order valence-electron chi connectivity index (χ2n) is 6.52. The van der Waals surface area contributed by atoms with Gasteiger partial charge in [0.05, 0.1) is 17.8 Å². The Balaban J connectivity index is 1.85. The van der Waals surface area contributed by atoms with Crippen molar-refractivity contribution in [2.75, 3.05) is 0 Å². The molecule has 0 aliphatic carbocycles. The van der Waals surface area contributed by atoms with Gasteiger partial charge in [0.1, 0.15) is 11.3 Å². The van der Waals surface area contributed by atoms with Crippen molar-refractivity contribution in [2.45, 2.75) is 20.3 Å². The molecule has 0 saturated carbocycles. The maximum atomic E-state index is 12.8. The molecule has 26 heavy (non-hydrogen) atoms. The molecule has 3 heterocycles. The van der Waals surface area contributed by atoms with Gasteiger partial charge in [0.25, 0.3) is 0 Å². The predicted molar refractivity (Wildman–Crippen MR) is 102 cm³/mol. The van der Waals surface area contributed by atoms with Crippen LogP contribution in [0.4, 0.5) is 0 Å². The van der Waals surface area contributed by atoms with E-state index in [-0.39, 0.29) is 12.2 Å². The Morgan fingerprint density at radius 1 is 0.962 bits per heavy atom. The predicted octanol–water partition coefficient (Wildman–Crippen LogP) is 4.44. The van der Waals surface area contributed by atoms with Gasteiger partial charge in [-0.15, -0.1) is 0 Å². The van der Waals surface area contributed by atoms with Gasteiger partial charge >= 0.3 is 0 Å². The summed E-state index contributed by atoms with van der Waals surface area (Å²) in [5, 5.41) is 0. The number of ketones is 1. The van der Waals surface area contributed by atoms with Gasteiger partial charge in [0.2, 0.25) is 0 Å². The monoisotopic (exact) mass is 341 g/mol. The Bertz CT molecular complexity index is 1080. The van der Waals surface area contributed by atoms with E-state index >= 15 is 0 Å². The van der Waals surface area contributed by atoms with E-state index in [1.54, 1.807) is 12.3 Å². The lowest BCUT2D eigenvalue weighted by atomic mass is 10.0. The summed E-state index contributed by atoms with van der Waals surface area (Å²) >= 11 is 0. The molecule has 0 N–H and O–H groups in total. The third kappa shape index (κ3) is 3.02. The van der Waals surface area contributed by atoms with Crippen LogP contribution in [0.25, 0.3) is 16.9 Å². The van der Waals surface area contributed by atoms with Crippen molar-refractivity contribution in [3.05, 3.63) is 89.5 Å². The smallest absolute Gasteiger partial charge is 0.187 e. The van der Waals surface area contributed by atoms with Crippen molar-refractivity contribution in [1.82, 2.24) is 14.4 Å². The fourth-order valence-corrected chi connectivity index (χ4v) is 3.08. The Hall–Kier alpha value is -3.27. The number of carbonyl (C=O) groups excluding carboxylic acids is 1. The Kier molecular flexibility index (Phi) is 4.09. The molecule has 0 saturated heterocycles. The number of carbonyl (C=O) groups is 1. The molecule has 0 aliphatic rings. The zero-order chi connectivity index (χ0) is 18.1. The summed E-state index contributed by atoms with van der Waals surface area (Å²) in [7, 11) is 0. The van der Waals surface area contributed by atoms with Crippen LogP contribution in [-0.4, -0.2) is 20.2 Å². The molecule has 0 bridgehead atoms. The zero-order valence-corrected chi connectivity index (χ0v) is 14.8. The molecule has 0 aliphatic heterocycles. The molecule has 128 valence electrons. The van der Waals surface area contributed by atoms with Crippen LogP contribution in [0.3, 0.4) is 0 Å². The molecule has 4 heteroatoms. The number of pyridine rings is 2. The van der Waals surface area contributed by atoms with Crippen molar-refractivity contribution in [3.63, 3.8) is 0 Å². The van der Waals surface area contributed by atoms with Crippen molar-refractivity contribution < 1.29 is 4.79 Å². The minimum atomic E-state index is -0.0118. The lowest BCUT2D eigenvalue weighted by molar-refractivity contribution is 0.0987. The fourth-order valence-electron chi connectivity index (χ4n) is 3.08. The van der Waals surface area contributed by atoms with Crippen LogP contribution in [0.5, 0.6) is 0 Å². The molecule has 1 aromatic carbocycles. The van der Waals surface area contributed by atoms with E-state index in [1.165, 1.54) is 5.56 Å². The topological polar surface area (TPSA) is 47.3 Å². The first kappa shape index (κ1) is 16.2. The molecule has 0 fully saturated rings. The normalized spacial score (nSPS) is 11.0. The third-order valence-electron chi connectivity index (χ3n) is 4.47. The lowest BCUT2D eigenvalue weighted by Crippen LogP contribution is -2.08. The molecule has 0 atom stereocenters. The molecule has 4 nitrogen and oxygen atoms in total. The molecule has 0 unspecified atom stereocenters. The average Bonchev–Trinajstić information content (AvgIpc) is 3.01. The summed E-state index contributed by atoms with van der Waals surface area (Å²) in [4.78, 5) is 21.8. The highest BCUT2D eigenvalue weighted by Crippen LogP contribution is 2.26. The van der Waals surface area contributed by atoms with E-state index < -0.39 is 0 Å². The minimum Gasteiger partial charge on any atom is -0.303 e. The Labute approximate surface area is 152 Å². The maximum absolute atomic E-state index is 12.8. The van der Waals surface area contributed by atoms with E-state index in [9.17, 15) is 4.79 Å². The summed E-state index contributed by atoms with van der Waals surface area (Å²) in [6, 6.07) is 17.7. The molecule has 0 amide bonds. The van der Waals surface area contributed by atoms with E-state index in [4.69, 9.17) is 4.98 Å². The fraction of sp³-hybridized carbons (Fsp3) is 0.136. The number of hydrogen-bond acceptors (Lipinski definition) is 3. The van der Waals surface area contributed by atoms with Gasteiger partial charge in [0.15, 0.2) is 5.78 Å². The number of nitrogens with zero attached hydrogens (tertiary/aromatic N) is 3. The van der Waals surface area contributed by atoms with Crippen LogP contribution in [0, 0.1) is 13.8 Å². The number of benzene rings is 1. The quantitative estimate of drug-likeness (QED) is 0.516. The van der Waals surface area contributed by atoms with Crippen LogP contribution in [0.2, 0.25) is 0 Å². The molecule has 4 rings (SSSR count). The third-order valence-corrected chi connectivity index (χ3v) is 4.47. The Morgan fingerprint density at radius 2 is 1.73 bits per heavy atom. The van der Waals surface area contributed by atoms with Crippen LogP contribution >= 0.6 is 0 Å². The second kappa shape index (κ2) is 6.56. The number of Topliss-reactive ketones (excluding diaryl/α,β-unsaturated/α-hetero) is 1. The van der Waals surface area contributed by atoms with Gasteiger partial charge in [-0.3, -0.25) is 9.78 Å². The molecule has 0 radical (unpaired) electrons. The highest BCUT2D eigenvalue weighted by atomic mass is 16.1. The standard InChI is InChI=1S/C22H19N3O/c1-15-6-9-17(10-7-15)22-19(13-20(26)18-5-3-4-12-23-18)25-14-16(2)8-11-21(25)24-22/h3-12,14H,13H2,1-2H3. The second-order valence-corrected chi connectivity index (χ2v) is 6.52. The number of imidazole rings is 1. The average molecular weight is 341 g/mol. The first-order valence-corrected chi connectivity index (χ1v) is 8.61. The summed E-state index contributed by atoms with van der Waals surface area (Å²) in [5.74, 6) is -0.0118. The van der Waals surface area contributed by atoms with Gasteiger partial charge in [-0.1, -0.05) is 42.0 Å². The van der Waals surface area contributed by atoms with Gasteiger partial charge in [0, 0.05) is 18.0 Å². The van der Waals surface area contributed by atoms with E-state index in [0.717, 1.165) is 28.2 Å². The van der Waals surface area contributed by atoms with Gasteiger partial charge in [-0.25, -0.2) is 4.98 Å². The van der Waals surface area contributed by atoms with Crippen LogP contribution in [-0.2, 0) is 6.42 Å². The summed E-state index contributed by atoms with van der Waals surface area (Å²) < 4.78 is 2.02. The molecule has 0 spiro atoms. The number of aryl methyl sites for hydroxylation is 2. The van der Waals surface area contributed by atoms with Crippen molar-refractivity contribution in [3.8, 4) is 11.3 Å².